The number of rotatable bonds is 1. The van der Waals surface area contributed by atoms with Crippen molar-refractivity contribution in [3.8, 4) is 0 Å². The normalized spacial score (nSPS) is 16.7. The summed E-state index contributed by atoms with van der Waals surface area (Å²) in [6.45, 7) is 0. The van der Waals surface area contributed by atoms with Crippen molar-refractivity contribution in [2.45, 2.75) is 24.9 Å². The Labute approximate surface area is 85.1 Å². The topological polar surface area (TPSA) is 52.0 Å². The molecule has 1 fully saturated rings. The van der Waals surface area contributed by atoms with E-state index in [1.54, 1.807) is 0 Å². The molecule has 2 nitrogen and oxygen atoms in total. The smallest absolute Gasteiger partial charge is 0.397 e. The van der Waals surface area contributed by atoms with E-state index in [9.17, 15) is 13.2 Å². The zero-order chi connectivity index (χ0) is 11.2. The number of halogens is 3. The van der Waals surface area contributed by atoms with Gasteiger partial charge in [0, 0.05) is 0 Å². The molecule has 0 saturated heterocycles. The van der Waals surface area contributed by atoms with Gasteiger partial charge < -0.3 is 11.5 Å². The molecule has 0 aliphatic heterocycles. The van der Waals surface area contributed by atoms with E-state index in [-0.39, 0.29) is 11.6 Å². The SMILES string of the molecule is Nc1cc(C(F)(F)F)cc(C2CC2)c1N. The maximum absolute atomic E-state index is 12.5. The highest BCUT2D eigenvalue weighted by molar-refractivity contribution is 5.70. The van der Waals surface area contributed by atoms with Crippen LogP contribution in [-0.4, -0.2) is 0 Å². The van der Waals surface area contributed by atoms with Crippen molar-refractivity contribution in [1.82, 2.24) is 0 Å². The second kappa shape index (κ2) is 3.05. The fourth-order valence-electron chi connectivity index (χ4n) is 1.59. The second-order valence-electron chi connectivity index (χ2n) is 3.84. The summed E-state index contributed by atoms with van der Waals surface area (Å²) in [5, 5.41) is 0. The Balaban J connectivity index is 2.51. The zero-order valence-electron chi connectivity index (χ0n) is 7.93. The van der Waals surface area contributed by atoms with E-state index >= 15 is 0 Å². The number of nitrogen functional groups attached to an aromatic ring is 2. The molecule has 1 aliphatic rings. The summed E-state index contributed by atoms with van der Waals surface area (Å²) in [5.74, 6) is 0.162. The van der Waals surface area contributed by atoms with Crippen molar-refractivity contribution in [2.24, 2.45) is 0 Å². The van der Waals surface area contributed by atoms with E-state index in [1.807, 2.05) is 0 Å². The first-order valence-corrected chi connectivity index (χ1v) is 4.65. The van der Waals surface area contributed by atoms with Crippen LogP contribution in [0.5, 0.6) is 0 Å². The van der Waals surface area contributed by atoms with Crippen LogP contribution in [0.15, 0.2) is 12.1 Å². The Morgan fingerprint density at radius 1 is 1.13 bits per heavy atom. The van der Waals surface area contributed by atoms with Crippen molar-refractivity contribution in [2.75, 3.05) is 11.5 Å². The molecule has 5 heteroatoms. The number of nitrogens with two attached hydrogens (primary N) is 2. The van der Waals surface area contributed by atoms with Gasteiger partial charge in [-0.15, -0.1) is 0 Å². The van der Waals surface area contributed by atoms with Crippen molar-refractivity contribution in [3.63, 3.8) is 0 Å². The van der Waals surface area contributed by atoms with Crippen molar-refractivity contribution in [3.05, 3.63) is 23.3 Å². The first-order valence-electron chi connectivity index (χ1n) is 4.65. The average molecular weight is 216 g/mol. The molecule has 1 aromatic rings. The highest BCUT2D eigenvalue weighted by atomic mass is 19.4. The Hall–Kier alpha value is -1.39. The Kier molecular flexibility index (Phi) is 2.06. The third-order valence-corrected chi connectivity index (χ3v) is 2.59. The summed E-state index contributed by atoms with van der Waals surface area (Å²) in [7, 11) is 0. The molecule has 1 aliphatic carbocycles. The lowest BCUT2D eigenvalue weighted by atomic mass is 10.0. The lowest BCUT2D eigenvalue weighted by molar-refractivity contribution is -0.137. The van der Waals surface area contributed by atoms with Gasteiger partial charge in [-0.25, -0.2) is 0 Å². The molecule has 4 N–H and O–H groups in total. The predicted octanol–water partition coefficient (Wildman–Crippen LogP) is 2.75. The number of hydrogen-bond donors (Lipinski definition) is 2. The summed E-state index contributed by atoms with van der Waals surface area (Å²) in [6, 6.07) is 2.00. The van der Waals surface area contributed by atoms with Gasteiger partial charge in [-0.1, -0.05) is 0 Å². The molecule has 0 amide bonds. The van der Waals surface area contributed by atoms with E-state index in [2.05, 4.69) is 0 Å². The molecule has 0 heterocycles. The van der Waals surface area contributed by atoms with Crippen LogP contribution in [0.4, 0.5) is 24.5 Å². The van der Waals surface area contributed by atoms with Gasteiger partial charge in [0.25, 0.3) is 0 Å². The third-order valence-electron chi connectivity index (χ3n) is 2.59. The predicted molar refractivity (Wildman–Crippen MR) is 52.2 cm³/mol. The van der Waals surface area contributed by atoms with E-state index in [1.165, 1.54) is 0 Å². The minimum absolute atomic E-state index is 0.0201. The lowest BCUT2D eigenvalue weighted by Gasteiger charge is -2.13. The molecule has 0 unspecified atom stereocenters. The largest absolute Gasteiger partial charge is 0.416 e. The van der Waals surface area contributed by atoms with E-state index in [0.29, 0.717) is 11.3 Å². The van der Waals surface area contributed by atoms with Crippen LogP contribution in [-0.2, 0) is 6.18 Å². The Morgan fingerprint density at radius 3 is 2.20 bits per heavy atom. The minimum Gasteiger partial charge on any atom is -0.397 e. The molecule has 82 valence electrons. The van der Waals surface area contributed by atoms with Crippen molar-refractivity contribution < 1.29 is 13.2 Å². The summed E-state index contributed by atoms with van der Waals surface area (Å²) >= 11 is 0. The number of anilines is 2. The second-order valence-corrected chi connectivity index (χ2v) is 3.84. The molecule has 0 radical (unpaired) electrons. The summed E-state index contributed by atoms with van der Waals surface area (Å²) < 4.78 is 37.4. The van der Waals surface area contributed by atoms with Gasteiger partial charge in [0.1, 0.15) is 0 Å². The van der Waals surface area contributed by atoms with Gasteiger partial charge >= 0.3 is 6.18 Å². The standard InChI is InChI=1S/C10H11F3N2/c11-10(12,13)6-3-7(5-1-2-5)9(15)8(14)4-6/h3-5H,1-2,14-15H2. The van der Waals surface area contributed by atoms with Gasteiger partial charge in [-0.3, -0.25) is 0 Å². The first-order chi connectivity index (χ1) is 6.89. The quantitative estimate of drug-likeness (QED) is 0.709. The molecule has 2 rings (SSSR count). The van der Waals surface area contributed by atoms with Gasteiger partial charge in [0.15, 0.2) is 0 Å². The number of benzene rings is 1. The summed E-state index contributed by atoms with van der Waals surface area (Å²) in [4.78, 5) is 0. The first kappa shape index (κ1) is 10.1. The summed E-state index contributed by atoms with van der Waals surface area (Å²) in [5.41, 5.74) is 11.3. The van der Waals surface area contributed by atoms with Gasteiger partial charge in [0.2, 0.25) is 0 Å². The molecule has 15 heavy (non-hydrogen) atoms. The van der Waals surface area contributed by atoms with E-state index < -0.39 is 11.7 Å². The van der Waals surface area contributed by atoms with Crippen molar-refractivity contribution >= 4 is 11.4 Å². The highest BCUT2D eigenvalue weighted by Crippen LogP contribution is 2.46. The molecule has 1 aromatic carbocycles. The summed E-state index contributed by atoms with van der Waals surface area (Å²) in [6.07, 6.45) is -2.57. The van der Waals surface area contributed by atoms with Crippen LogP contribution in [0.2, 0.25) is 0 Å². The maximum atomic E-state index is 12.5. The van der Waals surface area contributed by atoms with Crippen LogP contribution in [0, 0.1) is 0 Å². The van der Waals surface area contributed by atoms with Crippen LogP contribution in [0.3, 0.4) is 0 Å². The maximum Gasteiger partial charge on any atom is 0.416 e. The fraction of sp³-hybridized carbons (Fsp3) is 0.400. The molecular formula is C10H11F3N2. The number of hydrogen-bond acceptors (Lipinski definition) is 2. The third kappa shape index (κ3) is 1.86. The fourth-order valence-corrected chi connectivity index (χ4v) is 1.59. The van der Waals surface area contributed by atoms with Gasteiger partial charge in [-0.05, 0) is 36.5 Å². The van der Waals surface area contributed by atoms with Gasteiger partial charge in [0.05, 0.1) is 16.9 Å². The van der Waals surface area contributed by atoms with Crippen LogP contribution >= 0.6 is 0 Å². The molecular weight excluding hydrogens is 205 g/mol. The Morgan fingerprint density at radius 2 is 1.73 bits per heavy atom. The monoisotopic (exact) mass is 216 g/mol. The minimum atomic E-state index is -4.36. The molecule has 1 saturated carbocycles. The highest BCUT2D eigenvalue weighted by Gasteiger charge is 2.34. The molecule has 0 atom stereocenters. The zero-order valence-corrected chi connectivity index (χ0v) is 7.93. The Bertz CT molecular complexity index is 394. The lowest BCUT2D eigenvalue weighted by Crippen LogP contribution is -2.09. The molecule has 0 spiro atoms. The van der Waals surface area contributed by atoms with E-state index in [4.69, 9.17) is 11.5 Å². The van der Waals surface area contributed by atoms with Crippen LogP contribution < -0.4 is 11.5 Å². The number of alkyl halides is 3. The van der Waals surface area contributed by atoms with Crippen LogP contribution in [0.25, 0.3) is 0 Å². The van der Waals surface area contributed by atoms with Crippen LogP contribution in [0.1, 0.15) is 29.9 Å². The average Bonchev–Trinajstić information content (AvgIpc) is 2.90. The van der Waals surface area contributed by atoms with Crippen molar-refractivity contribution in [1.29, 1.82) is 0 Å². The van der Waals surface area contributed by atoms with Gasteiger partial charge in [-0.2, -0.15) is 13.2 Å². The molecule has 0 aromatic heterocycles. The molecule has 0 bridgehead atoms. The van der Waals surface area contributed by atoms with E-state index in [0.717, 1.165) is 25.0 Å².